The first-order chi connectivity index (χ1) is 9.50. The van der Waals surface area contributed by atoms with Crippen molar-refractivity contribution >= 4 is 23.6 Å². The van der Waals surface area contributed by atoms with Crippen molar-refractivity contribution in [1.29, 1.82) is 0 Å². The van der Waals surface area contributed by atoms with Gasteiger partial charge < -0.3 is 10.4 Å². The molecule has 0 aliphatic carbocycles. The minimum Gasteiger partial charge on any atom is -0.481 e. The summed E-state index contributed by atoms with van der Waals surface area (Å²) in [6, 6.07) is 10.0. The fraction of sp³-hybridized carbons (Fsp3) is 0.467. The summed E-state index contributed by atoms with van der Waals surface area (Å²) in [5, 5.41) is 11.6. The standard InChI is InChI=1S/C15H21NO3S/c1-11(13-6-4-3-5-7-13)8-16-14(17)10-20-9-12(2)15(18)19/h3-7,11-12H,8-10H2,1-2H3,(H,16,17)(H,18,19). The molecule has 0 aliphatic rings. The predicted octanol–water partition coefficient (Wildman–Crippen LogP) is 2.36. The zero-order chi connectivity index (χ0) is 15.0. The van der Waals surface area contributed by atoms with Crippen molar-refractivity contribution in [3.8, 4) is 0 Å². The summed E-state index contributed by atoms with van der Waals surface area (Å²) in [6.07, 6.45) is 0. The van der Waals surface area contributed by atoms with Gasteiger partial charge in [-0.25, -0.2) is 0 Å². The molecule has 20 heavy (non-hydrogen) atoms. The van der Waals surface area contributed by atoms with E-state index < -0.39 is 11.9 Å². The first-order valence-corrected chi connectivity index (χ1v) is 7.78. The van der Waals surface area contributed by atoms with Gasteiger partial charge >= 0.3 is 5.97 Å². The maximum absolute atomic E-state index is 11.7. The number of hydrogen-bond donors (Lipinski definition) is 2. The van der Waals surface area contributed by atoms with Gasteiger partial charge in [-0.15, -0.1) is 0 Å². The highest BCUT2D eigenvalue weighted by Crippen LogP contribution is 2.13. The number of amides is 1. The van der Waals surface area contributed by atoms with E-state index in [1.165, 1.54) is 17.3 Å². The predicted molar refractivity (Wildman–Crippen MR) is 82.0 cm³/mol. The van der Waals surface area contributed by atoms with Gasteiger partial charge in [0.05, 0.1) is 11.7 Å². The molecule has 2 unspecified atom stereocenters. The molecule has 0 fully saturated rings. The molecule has 110 valence electrons. The number of benzene rings is 1. The van der Waals surface area contributed by atoms with E-state index in [0.29, 0.717) is 18.1 Å². The van der Waals surface area contributed by atoms with Gasteiger partial charge in [0, 0.05) is 12.3 Å². The van der Waals surface area contributed by atoms with Gasteiger partial charge in [0.25, 0.3) is 0 Å². The summed E-state index contributed by atoms with van der Waals surface area (Å²) in [7, 11) is 0. The van der Waals surface area contributed by atoms with E-state index in [4.69, 9.17) is 5.11 Å². The molecule has 2 atom stereocenters. The molecular formula is C15H21NO3S. The van der Waals surface area contributed by atoms with Gasteiger partial charge in [0.2, 0.25) is 5.91 Å². The second-order valence-corrected chi connectivity index (χ2v) is 5.90. The molecule has 1 aromatic carbocycles. The number of rotatable bonds is 8. The van der Waals surface area contributed by atoms with E-state index in [-0.39, 0.29) is 11.8 Å². The highest BCUT2D eigenvalue weighted by molar-refractivity contribution is 7.99. The Hall–Kier alpha value is -1.49. The monoisotopic (exact) mass is 295 g/mol. The smallest absolute Gasteiger partial charge is 0.307 e. The van der Waals surface area contributed by atoms with Crippen LogP contribution in [0.15, 0.2) is 30.3 Å². The van der Waals surface area contributed by atoms with Crippen LogP contribution in [-0.4, -0.2) is 35.0 Å². The van der Waals surface area contributed by atoms with E-state index >= 15 is 0 Å². The largest absolute Gasteiger partial charge is 0.481 e. The first-order valence-electron chi connectivity index (χ1n) is 6.63. The van der Waals surface area contributed by atoms with E-state index in [0.717, 1.165) is 0 Å². The quantitative estimate of drug-likeness (QED) is 0.772. The van der Waals surface area contributed by atoms with Crippen molar-refractivity contribution in [2.45, 2.75) is 19.8 Å². The third-order valence-electron chi connectivity index (χ3n) is 3.00. The molecule has 0 bridgehead atoms. The van der Waals surface area contributed by atoms with Crippen molar-refractivity contribution in [3.63, 3.8) is 0 Å². The molecule has 0 aliphatic heterocycles. The Morgan fingerprint density at radius 1 is 1.25 bits per heavy atom. The van der Waals surface area contributed by atoms with Gasteiger partial charge in [0.1, 0.15) is 0 Å². The Kier molecular flexibility index (Phi) is 7.15. The molecule has 0 saturated heterocycles. The van der Waals surface area contributed by atoms with Gasteiger partial charge in [-0.05, 0) is 11.5 Å². The molecule has 0 heterocycles. The lowest BCUT2D eigenvalue weighted by atomic mass is 10.0. The third kappa shape index (κ3) is 6.10. The Balaban J connectivity index is 2.22. The Morgan fingerprint density at radius 2 is 1.90 bits per heavy atom. The number of nitrogens with one attached hydrogen (secondary N) is 1. The number of aliphatic carboxylic acids is 1. The van der Waals surface area contributed by atoms with E-state index in [2.05, 4.69) is 12.2 Å². The highest BCUT2D eigenvalue weighted by atomic mass is 32.2. The van der Waals surface area contributed by atoms with Gasteiger partial charge in [-0.3, -0.25) is 9.59 Å². The molecule has 4 nitrogen and oxygen atoms in total. The highest BCUT2D eigenvalue weighted by Gasteiger charge is 2.12. The van der Waals surface area contributed by atoms with Crippen LogP contribution < -0.4 is 5.32 Å². The topological polar surface area (TPSA) is 66.4 Å². The lowest BCUT2D eigenvalue weighted by molar-refractivity contribution is -0.140. The zero-order valence-corrected chi connectivity index (χ0v) is 12.7. The molecule has 1 amide bonds. The Morgan fingerprint density at radius 3 is 2.50 bits per heavy atom. The summed E-state index contributed by atoms with van der Waals surface area (Å²) in [5.41, 5.74) is 1.19. The Bertz CT molecular complexity index is 436. The van der Waals surface area contributed by atoms with E-state index in [1.807, 2.05) is 30.3 Å². The van der Waals surface area contributed by atoms with Crippen LogP contribution in [0.25, 0.3) is 0 Å². The van der Waals surface area contributed by atoms with Crippen molar-refractivity contribution in [2.75, 3.05) is 18.1 Å². The van der Waals surface area contributed by atoms with E-state index in [1.54, 1.807) is 6.92 Å². The fourth-order valence-corrected chi connectivity index (χ4v) is 2.52. The number of thioether (sulfide) groups is 1. The SMILES string of the molecule is CC(CSCC(=O)NCC(C)c1ccccc1)C(=O)O. The van der Waals surface area contributed by atoms with Crippen molar-refractivity contribution < 1.29 is 14.7 Å². The minimum atomic E-state index is -0.824. The van der Waals surface area contributed by atoms with E-state index in [9.17, 15) is 9.59 Å². The van der Waals surface area contributed by atoms with Crippen LogP contribution in [0, 0.1) is 5.92 Å². The maximum Gasteiger partial charge on any atom is 0.307 e. The normalized spacial score (nSPS) is 13.5. The fourth-order valence-electron chi connectivity index (χ4n) is 1.62. The summed E-state index contributed by atoms with van der Waals surface area (Å²) >= 11 is 1.35. The molecule has 0 spiro atoms. The average Bonchev–Trinajstić information content (AvgIpc) is 2.45. The second-order valence-electron chi connectivity index (χ2n) is 4.87. The van der Waals surface area contributed by atoms with Crippen LogP contribution in [0.5, 0.6) is 0 Å². The van der Waals surface area contributed by atoms with Gasteiger partial charge in [-0.1, -0.05) is 44.2 Å². The number of carbonyl (C=O) groups is 2. The van der Waals surface area contributed by atoms with Crippen LogP contribution in [0.1, 0.15) is 25.3 Å². The van der Waals surface area contributed by atoms with Crippen molar-refractivity contribution in [1.82, 2.24) is 5.32 Å². The third-order valence-corrected chi connectivity index (χ3v) is 4.20. The van der Waals surface area contributed by atoms with Crippen LogP contribution in [0.2, 0.25) is 0 Å². The molecule has 1 aromatic rings. The molecule has 5 heteroatoms. The summed E-state index contributed by atoms with van der Waals surface area (Å²) < 4.78 is 0. The lowest BCUT2D eigenvalue weighted by Gasteiger charge is -2.13. The van der Waals surface area contributed by atoms with Crippen molar-refractivity contribution in [2.24, 2.45) is 5.92 Å². The molecule has 0 saturated carbocycles. The molecule has 0 radical (unpaired) electrons. The van der Waals surface area contributed by atoms with Crippen LogP contribution in [-0.2, 0) is 9.59 Å². The Labute approximate surface area is 124 Å². The van der Waals surface area contributed by atoms with Crippen LogP contribution in [0.3, 0.4) is 0 Å². The van der Waals surface area contributed by atoms with Crippen LogP contribution >= 0.6 is 11.8 Å². The molecule has 1 rings (SSSR count). The number of carboxylic acids is 1. The number of carboxylic acid groups (broad SMARTS) is 1. The summed E-state index contributed by atoms with van der Waals surface area (Å²) in [5.74, 6) is -0.263. The van der Waals surface area contributed by atoms with Gasteiger partial charge in [0.15, 0.2) is 0 Å². The summed E-state index contributed by atoms with van der Waals surface area (Å²) in [6.45, 7) is 4.30. The molecule has 0 aromatic heterocycles. The van der Waals surface area contributed by atoms with Gasteiger partial charge in [-0.2, -0.15) is 11.8 Å². The van der Waals surface area contributed by atoms with Crippen molar-refractivity contribution in [3.05, 3.63) is 35.9 Å². The maximum atomic E-state index is 11.7. The molecule has 2 N–H and O–H groups in total. The van der Waals surface area contributed by atoms with Crippen LogP contribution in [0.4, 0.5) is 0 Å². The summed E-state index contributed by atoms with van der Waals surface area (Å²) in [4.78, 5) is 22.3. The first kappa shape index (κ1) is 16.6. The molecular weight excluding hydrogens is 274 g/mol. The zero-order valence-electron chi connectivity index (χ0n) is 11.8. The lowest BCUT2D eigenvalue weighted by Crippen LogP contribution is -2.29. The average molecular weight is 295 g/mol. The number of carbonyl (C=O) groups excluding carboxylic acids is 1. The second kappa shape index (κ2) is 8.64. The minimum absolute atomic E-state index is 0.0460. The number of hydrogen-bond acceptors (Lipinski definition) is 3.